The van der Waals surface area contributed by atoms with Crippen molar-refractivity contribution in [2.75, 3.05) is 25.6 Å². The van der Waals surface area contributed by atoms with E-state index in [1.807, 2.05) is 0 Å². The summed E-state index contributed by atoms with van der Waals surface area (Å²) in [6.45, 7) is 0.800. The maximum Gasteiger partial charge on any atom is 0.275 e. The first-order chi connectivity index (χ1) is 11.0. The quantitative estimate of drug-likeness (QED) is 0.242. The number of benzene rings is 1. The van der Waals surface area contributed by atoms with Gasteiger partial charge in [0.15, 0.2) is 0 Å². The fourth-order valence-corrected chi connectivity index (χ4v) is 1.84. The number of aromatic nitrogens is 2. The minimum Gasteiger partial charge on any atom is -0.393 e. The fourth-order valence-electron chi connectivity index (χ4n) is 1.84. The largest absolute Gasteiger partial charge is 0.393 e. The lowest BCUT2D eigenvalue weighted by atomic mass is 10.2. The Morgan fingerprint density at radius 2 is 2.30 bits per heavy atom. The predicted octanol–water partition coefficient (Wildman–Crippen LogP) is -0.0639. The first-order valence-electron chi connectivity index (χ1n) is 6.77. The second-order valence-electron chi connectivity index (χ2n) is 4.75. The summed E-state index contributed by atoms with van der Waals surface area (Å²) in [7, 11) is 1.55. The molecule has 9 nitrogen and oxygen atoms in total. The number of nitrogens with zero attached hydrogens (tertiary/aromatic N) is 2. The Hall–Kier alpha value is -2.91. The van der Waals surface area contributed by atoms with Crippen LogP contribution in [0.4, 0.5) is 5.95 Å². The van der Waals surface area contributed by atoms with E-state index in [1.54, 1.807) is 25.3 Å². The van der Waals surface area contributed by atoms with Crippen LogP contribution in [0.15, 0.2) is 30.1 Å². The zero-order chi connectivity index (χ0) is 16.8. The van der Waals surface area contributed by atoms with Crippen molar-refractivity contribution in [3.63, 3.8) is 0 Å². The zero-order valence-corrected chi connectivity index (χ0v) is 12.6. The molecule has 1 aromatic carbocycles. The molecule has 0 saturated carbocycles. The number of rotatable bonds is 7. The highest BCUT2D eigenvalue weighted by molar-refractivity contribution is 6.02. The number of methoxy groups -OCH3 is 1. The van der Waals surface area contributed by atoms with Gasteiger partial charge in [-0.25, -0.2) is 10.8 Å². The van der Waals surface area contributed by atoms with Crippen molar-refractivity contribution in [1.82, 2.24) is 15.0 Å². The van der Waals surface area contributed by atoms with Gasteiger partial charge >= 0.3 is 0 Å². The molecule has 1 amide bonds. The third kappa shape index (κ3) is 4.28. The fraction of sp³-hybridized carbons (Fsp3) is 0.214. The Labute approximate surface area is 132 Å². The summed E-state index contributed by atoms with van der Waals surface area (Å²) >= 11 is 0. The van der Waals surface area contributed by atoms with Crippen molar-refractivity contribution in [3.8, 4) is 0 Å². The summed E-state index contributed by atoms with van der Waals surface area (Å²) in [4.78, 5) is 29.8. The van der Waals surface area contributed by atoms with Gasteiger partial charge in [0.1, 0.15) is 12.0 Å². The van der Waals surface area contributed by atoms with Gasteiger partial charge in [-0.05, 0) is 18.2 Å². The topological polar surface area (TPSA) is 139 Å². The highest BCUT2D eigenvalue weighted by atomic mass is 16.5. The second-order valence-corrected chi connectivity index (χ2v) is 4.75. The highest BCUT2D eigenvalue weighted by Gasteiger charge is 2.10. The van der Waals surface area contributed by atoms with Gasteiger partial charge in [-0.15, -0.1) is 0 Å². The molecule has 6 N–H and O–H groups in total. The van der Waals surface area contributed by atoms with Crippen molar-refractivity contribution in [2.24, 2.45) is 11.6 Å². The van der Waals surface area contributed by atoms with Gasteiger partial charge in [0.25, 0.3) is 5.91 Å². The van der Waals surface area contributed by atoms with Gasteiger partial charge < -0.3 is 20.5 Å². The molecule has 0 atom stereocenters. The molecule has 9 heteroatoms. The average molecular weight is 318 g/mol. The van der Waals surface area contributed by atoms with Crippen LogP contribution in [0.1, 0.15) is 10.4 Å². The maximum absolute atomic E-state index is 12.0. The number of ether oxygens (including phenoxy) is 1. The smallest absolute Gasteiger partial charge is 0.275 e. The molecule has 0 aliphatic carbocycles. The molecule has 122 valence electrons. The number of aldehydes is 1. The Kier molecular flexibility index (Phi) is 5.28. The van der Waals surface area contributed by atoms with Crippen LogP contribution >= 0.6 is 0 Å². The molecule has 0 aliphatic rings. The van der Waals surface area contributed by atoms with Crippen LogP contribution in [0, 0.1) is 0 Å². The number of nitrogens with one attached hydrogen (secondary N) is 2. The van der Waals surface area contributed by atoms with E-state index in [4.69, 9.17) is 16.3 Å². The van der Waals surface area contributed by atoms with Crippen LogP contribution in [0.25, 0.3) is 11.0 Å². The molecule has 0 saturated heterocycles. The number of fused-ring (bicyclic) bond motifs is 1. The van der Waals surface area contributed by atoms with Crippen LogP contribution < -0.4 is 16.9 Å². The number of anilines is 1. The van der Waals surface area contributed by atoms with Crippen LogP contribution in [-0.4, -0.2) is 47.4 Å². The molecule has 0 radical (unpaired) electrons. The minimum atomic E-state index is -0.549. The predicted molar refractivity (Wildman–Crippen MR) is 85.2 cm³/mol. The first-order valence-corrected chi connectivity index (χ1v) is 6.77. The molecule has 0 fully saturated rings. The Bertz CT molecular complexity index is 739. The van der Waals surface area contributed by atoms with Crippen molar-refractivity contribution < 1.29 is 14.3 Å². The summed E-state index contributed by atoms with van der Waals surface area (Å²) in [5.41, 5.74) is 7.37. The Morgan fingerprint density at radius 1 is 1.52 bits per heavy atom. The SMILES string of the molecule is COCCN(N)/C=C(\N)C(=O)Nc1nc2ccc(C=O)cc2[nH]1. The summed E-state index contributed by atoms with van der Waals surface area (Å²) in [6, 6.07) is 4.95. The lowest BCUT2D eigenvalue weighted by Crippen LogP contribution is -2.32. The number of hydrogen-bond donors (Lipinski definition) is 4. The van der Waals surface area contributed by atoms with E-state index in [0.717, 1.165) is 6.29 Å². The molecule has 1 heterocycles. The van der Waals surface area contributed by atoms with E-state index in [0.29, 0.717) is 29.7 Å². The van der Waals surface area contributed by atoms with Crippen LogP contribution in [0.2, 0.25) is 0 Å². The number of amides is 1. The Balaban J connectivity index is 2.07. The summed E-state index contributed by atoms with van der Waals surface area (Å²) in [6.07, 6.45) is 2.04. The second kappa shape index (κ2) is 7.38. The summed E-state index contributed by atoms with van der Waals surface area (Å²) in [5.74, 6) is 5.32. The molecule has 0 spiro atoms. The van der Waals surface area contributed by atoms with Crippen molar-refractivity contribution in [3.05, 3.63) is 35.7 Å². The summed E-state index contributed by atoms with van der Waals surface area (Å²) < 4.78 is 4.87. The van der Waals surface area contributed by atoms with Gasteiger partial charge in [-0.3, -0.25) is 14.9 Å². The summed E-state index contributed by atoms with van der Waals surface area (Å²) in [5, 5.41) is 3.79. The van der Waals surface area contributed by atoms with Gasteiger partial charge in [0.2, 0.25) is 5.95 Å². The van der Waals surface area contributed by atoms with Gasteiger partial charge in [0, 0.05) is 18.9 Å². The molecule has 0 aliphatic heterocycles. The molecule has 1 aromatic heterocycles. The molecule has 2 aromatic rings. The molecular weight excluding hydrogens is 300 g/mol. The van der Waals surface area contributed by atoms with Crippen molar-refractivity contribution in [1.29, 1.82) is 0 Å². The number of hydrogen-bond acceptors (Lipinski definition) is 7. The third-order valence-corrected chi connectivity index (χ3v) is 2.99. The number of imidazole rings is 1. The minimum absolute atomic E-state index is 0.0716. The lowest BCUT2D eigenvalue weighted by Gasteiger charge is -2.13. The van der Waals surface area contributed by atoms with Gasteiger partial charge in [0.05, 0.1) is 24.2 Å². The molecular formula is C14H18N6O3. The van der Waals surface area contributed by atoms with E-state index in [9.17, 15) is 9.59 Å². The van der Waals surface area contributed by atoms with Crippen LogP contribution in [0.3, 0.4) is 0 Å². The van der Waals surface area contributed by atoms with E-state index >= 15 is 0 Å². The maximum atomic E-state index is 12.0. The normalized spacial score (nSPS) is 11.5. The Morgan fingerprint density at radius 3 is 3.00 bits per heavy atom. The van der Waals surface area contributed by atoms with E-state index in [2.05, 4.69) is 15.3 Å². The lowest BCUT2D eigenvalue weighted by molar-refractivity contribution is -0.113. The van der Waals surface area contributed by atoms with Crippen molar-refractivity contribution in [2.45, 2.75) is 0 Å². The monoisotopic (exact) mass is 318 g/mol. The van der Waals surface area contributed by atoms with Crippen LogP contribution in [0.5, 0.6) is 0 Å². The van der Waals surface area contributed by atoms with E-state index in [1.165, 1.54) is 11.2 Å². The number of carbonyl (C=O) groups is 2. The molecule has 23 heavy (non-hydrogen) atoms. The standard InChI is InChI=1S/C14H18N6O3/c1-23-5-4-20(16)7-10(15)13(22)19-14-17-11-3-2-9(8-21)6-12(11)18-14/h2-3,6-8H,4-5,15-16H2,1H3,(H2,17,18,19,22)/b10-7-. The molecule has 0 unspecified atom stereocenters. The third-order valence-electron chi connectivity index (χ3n) is 2.99. The van der Waals surface area contributed by atoms with E-state index < -0.39 is 5.91 Å². The van der Waals surface area contributed by atoms with Crippen LogP contribution in [-0.2, 0) is 9.53 Å². The number of H-pyrrole nitrogens is 1. The number of hydrazine groups is 1. The first kappa shape index (κ1) is 16.5. The van der Waals surface area contributed by atoms with Gasteiger partial charge in [-0.2, -0.15) is 0 Å². The number of carbonyl (C=O) groups excluding carboxylic acids is 2. The van der Waals surface area contributed by atoms with E-state index in [-0.39, 0.29) is 11.6 Å². The zero-order valence-electron chi connectivity index (χ0n) is 12.6. The average Bonchev–Trinajstić information content (AvgIpc) is 2.93. The number of nitrogens with two attached hydrogens (primary N) is 2. The van der Waals surface area contributed by atoms with Crippen molar-refractivity contribution >= 4 is 29.2 Å². The molecule has 0 bridgehead atoms. The highest BCUT2D eigenvalue weighted by Crippen LogP contribution is 2.15. The van der Waals surface area contributed by atoms with Gasteiger partial charge in [-0.1, -0.05) is 0 Å². The number of aromatic amines is 1. The molecule has 2 rings (SSSR count).